The molecule has 1 aliphatic heterocycles. The van der Waals surface area contributed by atoms with Crippen molar-refractivity contribution in [2.24, 2.45) is 11.7 Å². The van der Waals surface area contributed by atoms with Gasteiger partial charge in [0.1, 0.15) is 0 Å². The van der Waals surface area contributed by atoms with Crippen molar-refractivity contribution >= 4 is 5.91 Å². The third-order valence-electron chi connectivity index (χ3n) is 4.39. The summed E-state index contributed by atoms with van der Waals surface area (Å²) in [7, 11) is 4.36. The van der Waals surface area contributed by atoms with Crippen molar-refractivity contribution < 1.29 is 4.79 Å². The fourth-order valence-electron chi connectivity index (χ4n) is 3.10. The Bertz CT molecular complexity index is 310. The van der Waals surface area contributed by atoms with E-state index in [1.54, 1.807) is 0 Å². The molecule has 0 aromatic carbocycles. The first kappa shape index (κ1) is 17.4. The summed E-state index contributed by atoms with van der Waals surface area (Å²) < 4.78 is 0. The van der Waals surface area contributed by atoms with Gasteiger partial charge in [-0.05, 0) is 65.8 Å². The van der Waals surface area contributed by atoms with Crippen LogP contribution in [0.5, 0.6) is 0 Å². The van der Waals surface area contributed by atoms with Gasteiger partial charge in [0.05, 0.1) is 5.54 Å². The average Bonchev–Trinajstić information content (AvgIpc) is 2.74. The second kappa shape index (κ2) is 7.96. The lowest BCUT2D eigenvalue weighted by molar-refractivity contribution is -0.124. The van der Waals surface area contributed by atoms with E-state index in [1.165, 1.54) is 19.5 Å². The van der Waals surface area contributed by atoms with Crippen LogP contribution in [-0.4, -0.2) is 68.1 Å². The molecule has 1 fully saturated rings. The highest BCUT2D eigenvalue weighted by Gasteiger charge is 2.29. The molecule has 2 unspecified atom stereocenters. The number of nitrogens with one attached hydrogen (secondary N) is 1. The van der Waals surface area contributed by atoms with Crippen LogP contribution < -0.4 is 11.1 Å². The van der Waals surface area contributed by atoms with E-state index in [0.29, 0.717) is 0 Å². The number of likely N-dealkylation sites (tertiary alicyclic amines) is 1. The number of hydrogen-bond acceptors (Lipinski definition) is 4. The van der Waals surface area contributed by atoms with Crippen molar-refractivity contribution in [3.05, 3.63) is 0 Å². The van der Waals surface area contributed by atoms with Gasteiger partial charge in [-0.2, -0.15) is 0 Å². The van der Waals surface area contributed by atoms with E-state index >= 15 is 0 Å². The van der Waals surface area contributed by atoms with Gasteiger partial charge in [0.15, 0.2) is 0 Å². The summed E-state index contributed by atoms with van der Waals surface area (Å²) in [5.74, 6) is 0.542. The molecule has 5 heteroatoms. The molecule has 0 radical (unpaired) electrons. The number of carbonyl (C=O) groups is 1. The Hall–Kier alpha value is -0.650. The Kier molecular flexibility index (Phi) is 6.92. The van der Waals surface area contributed by atoms with Crippen LogP contribution in [-0.2, 0) is 4.79 Å². The molecule has 0 aromatic heterocycles. The molecule has 0 spiro atoms. The molecular weight excluding hydrogens is 252 g/mol. The van der Waals surface area contributed by atoms with Crippen molar-refractivity contribution in [2.45, 2.75) is 38.6 Å². The minimum atomic E-state index is -0.566. The highest BCUT2D eigenvalue weighted by molar-refractivity contribution is 5.84. The summed E-state index contributed by atoms with van der Waals surface area (Å²) in [4.78, 5) is 16.3. The van der Waals surface area contributed by atoms with E-state index in [-0.39, 0.29) is 5.91 Å². The maximum absolute atomic E-state index is 11.5. The van der Waals surface area contributed by atoms with Gasteiger partial charge in [-0.15, -0.1) is 0 Å². The topological polar surface area (TPSA) is 61.6 Å². The maximum atomic E-state index is 11.5. The second-order valence-corrected chi connectivity index (χ2v) is 6.51. The van der Waals surface area contributed by atoms with Crippen LogP contribution in [0.1, 0.15) is 33.1 Å². The van der Waals surface area contributed by atoms with Gasteiger partial charge in [-0.3, -0.25) is 4.79 Å². The van der Waals surface area contributed by atoms with E-state index < -0.39 is 5.54 Å². The Morgan fingerprint density at radius 3 is 2.75 bits per heavy atom. The average molecular weight is 284 g/mol. The van der Waals surface area contributed by atoms with Gasteiger partial charge < -0.3 is 20.9 Å². The predicted octanol–water partition coefficient (Wildman–Crippen LogP) is 0.504. The number of nitrogens with zero attached hydrogens (tertiary/aromatic N) is 2. The monoisotopic (exact) mass is 284 g/mol. The van der Waals surface area contributed by atoms with Crippen LogP contribution in [0.25, 0.3) is 0 Å². The van der Waals surface area contributed by atoms with Crippen LogP contribution >= 0.6 is 0 Å². The highest BCUT2D eigenvalue weighted by Crippen LogP contribution is 2.16. The third-order valence-corrected chi connectivity index (χ3v) is 4.39. The first-order chi connectivity index (χ1) is 9.37. The molecular formula is C15H32N4O. The second-order valence-electron chi connectivity index (χ2n) is 6.51. The fraction of sp³-hybridized carbons (Fsp3) is 0.933. The molecule has 0 saturated carbocycles. The summed E-state index contributed by atoms with van der Waals surface area (Å²) in [6, 6.07) is 0. The molecule has 1 saturated heterocycles. The van der Waals surface area contributed by atoms with Gasteiger partial charge in [-0.1, -0.05) is 6.92 Å². The fourth-order valence-corrected chi connectivity index (χ4v) is 3.10. The minimum absolute atomic E-state index is 0.251. The number of primary amides is 1. The lowest BCUT2D eigenvalue weighted by atomic mass is 9.94. The maximum Gasteiger partial charge on any atom is 0.237 e. The molecule has 20 heavy (non-hydrogen) atoms. The Morgan fingerprint density at radius 1 is 1.55 bits per heavy atom. The molecule has 3 N–H and O–H groups in total. The Balaban J connectivity index is 2.26. The van der Waals surface area contributed by atoms with Gasteiger partial charge >= 0.3 is 0 Å². The lowest BCUT2D eigenvalue weighted by Crippen LogP contribution is -2.53. The van der Waals surface area contributed by atoms with Crippen molar-refractivity contribution in [3.8, 4) is 0 Å². The molecule has 1 rings (SSSR count). The number of likely N-dealkylation sites (N-methyl/N-ethyl adjacent to an activating group) is 1. The first-order valence-electron chi connectivity index (χ1n) is 7.79. The number of rotatable bonds is 9. The molecule has 1 heterocycles. The summed E-state index contributed by atoms with van der Waals surface area (Å²) in [5.41, 5.74) is 4.93. The number of carbonyl (C=O) groups excluding carboxylic acids is 1. The SMILES string of the molecule is CCNC(C)(CCCN(C)CC1CCN(C)C1)C(N)=O. The smallest absolute Gasteiger partial charge is 0.237 e. The summed E-state index contributed by atoms with van der Waals surface area (Å²) >= 11 is 0. The number of hydrogen-bond donors (Lipinski definition) is 2. The van der Waals surface area contributed by atoms with E-state index in [4.69, 9.17) is 5.73 Å². The van der Waals surface area contributed by atoms with Gasteiger partial charge in [0.25, 0.3) is 0 Å². The van der Waals surface area contributed by atoms with E-state index in [0.717, 1.165) is 38.4 Å². The van der Waals surface area contributed by atoms with Crippen LogP contribution in [0.4, 0.5) is 0 Å². The normalized spacial score (nSPS) is 23.1. The first-order valence-corrected chi connectivity index (χ1v) is 7.79. The molecule has 1 aliphatic rings. The quantitative estimate of drug-likeness (QED) is 0.647. The molecule has 0 aromatic rings. The molecule has 118 valence electrons. The molecule has 1 amide bonds. The Morgan fingerprint density at radius 2 is 2.25 bits per heavy atom. The molecule has 5 nitrogen and oxygen atoms in total. The van der Waals surface area contributed by atoms with Crippen molar-refractivity contribution in [1.82, 2.24) is 15.1 Å². The van der Waals surface area contributed by atoms with Gasteiger partial charge in [0, 0.05) is 13.1 Å². The van der Waals surface area contributed by atoms with E-state index in [9.17, 15) is 4.79 Å². The summed E-state index contributed by atoms with van der Waals surface area (Å²) in [6.45, 7) is 9.28. The zero-order valence-corrected chi connectivity index (χ0v) is 13.6. The largest absolute Gasteiger partial charge is 0.368 e. The number of amides is 1. The third kappa shape index (κ3) is 5.38. The van der Waals surface area contributed by atoms with Crippen LogP contribution in [0.2, 0.25) is 0 Å². The molecule has 0 aliphatic carbocycles. The van der Waals surface area contributed by atoms with Crippen LogP contribution in [0.3, 0.4) is 0 Å². The van der Waals surface area contributed by atoms with Gasteiger partial charge in [-0.25, -0.2) is 0 Å². The van der Waals surface area contributed by atoms with Crippen LogP contribution in [0.15, 0.2) is 0 Å². The Labute approximate surface area is 123 Å². The minimum Gasteiger partial charge on any atom is -0.368 e. The standard InChI is InChI=1S/C15H32N4O/c1-5-17-15(2,14(16)20)8-6-9-18(3)11-13-7-10-19(4)12-13/h13,17H,5-12H2,1-4H3,(H2,16,20). The number of nitrogens with two attached hydrogens (primary N) is 1. The zero-order chi connectivity index (χ0) is 15.2. The molecule has 2 atom stereocenters. The van der Waals surface area contributed by atoms with E-state index in [2.05, 4.69) is 29.2 Å². The predicted molar refractivity (Wildman–Crippen MR) is 83.6 cm³/mol. The summed E-state index contributed by atoms with van der Waals surface area (Å²) in [6.07, 6.45) is 3.09. The van der Waals surface area contributed by atoms with Crippen molar-refractivity contribution in [1.29, 1.82) is 0 Å². The van der Waals surface area contributed by atoms with Crippen molar-refractivity contribution in [2.75, 3.05) is 46.8 Å². The molecule has 0 bridgehead atoms. The van der Waals surface area contributed by atoms with Crippen LogP contribution in [0, 0.1) is 5.92 Å². The van der Waals surface area contributed by atoms with E-state index in [1.807, 2.05) is 13.8 Å². The highest BCUT2D eigenvalue weighted by atomic mass is 16.1. The van der Waals surface area contributed by atoms with Gasteiger partial charge in [0.2, 0.25) is 5.91 Å². The zero-order valence-electron chi connectivity index (χ0n) is 13.6. The van der Waals surface area contributed by atoms with Crippen molar-refractivity contribution in [3.63, 3.8) is 0 Å². The summed E-state index contributed by atoms with van der Waals surface area (Å²) in [5, 5.41) is 3.21. The lowest BCUT2D eigenvalue weighted by Gasteiger charge is -2.28.